The standard InChI is InChI=1S/C22H24F2N2O3S/c1-30(28,29)25-12-14-9-10-26(13-14)22(27)18-11-17(18)15-5-2-3-6-16(15)21-19(23)7-4-8-20(21)24/h2-8,14,17-18,25H,9-13H2,1H3/t14-,17+,18-/m1/s1. The van der Waals surface area contributed by atoms with Gasteiger partial charge in [0.2, 0.25) is 15.9 Å². The van der Waals surface area contributed by atoms with Gasteiger partial charge in [-0.1, -0.05) is 30.3 Å². The third-order valence-electron chi connectivity index (χ3n) is 5.93. The van der Waals surface area contributed by atoms with Crippen molar-refractivity contribution in [3.8, 4) is 11.1 Å². The van der Waals surface area contributed by atoms with Gasteiger partial charge in [-0.05, 0) is 47.9 Å². The minimum atomic E-state index is -3.25. The molecule has 4 rings (SSSR count). The monoisotopic (exact) mass is 434 g/mol. The molecule has 2 aliphatic rings. The van der Waals surface area contributed by atoms with Gasteiger partial charge in [0.15, 0.2) is 0 Å². The van der Waals surface area contributed by atoms with E-state index in [1.807, 2.05) is 12.1 Å². The number of benzene rings is 2. The molecule has 2 aromatic carbocycles. The molecule has 0 spiro atoms. The third kappa shape index (κ3) is 4.39. The number of rotatable bonds is 6. The Hall–Kier alpha value is -2.32. The van der Waals surface area contributed by atoms with Gasteiger partial charge in [0.25, 0.3) is 0 Å². The lowest BCUT2D eigenvalue weighted by Gasteiger charge is -2.17. The van der Waals surface area contributed by atoms with Gasteiger partial charge in [0.05, 0.1) is 11.8 Å². The van der Waals surface area contributed by atoms with E-state index in [9.17, 15) is 22.0 Å². The summed E-state index contributed by atoms with van der Waals surface area (Å²) in [5.41, 5.74) is 1.22. The minimum Gasteiger partial charge on any atom is -0.342 e. The smallest absolute Gasteiger partial charge is 0.226 e. The van der Waals surface area contributed by atoms with E-state index >= 15 is 0 Å². The highest BCUT2D eigenvalue weighted by molar-refractivity contribution is 7.88. The summed E-state index contributed by atoms with van der Waals surface area (Å²) in [5.74, 6) is -1.38. The quantitative estimate of drug-likeness (QED) is 0.760. The van der Waals surface area contributed by atoms with Crippen LogP contribution in [0.25, 0.3) is 11.1 Å². The molecule has 3 atom stereocenters. The van der Waals surface area contributed by atoms with Crippen molar-refractivity contribution in [2.75, 3.05) is 25.9 Å². The SMILES string of the molecule is CS(=O)(=O)NC[C@H]1CCN(C(=O)[C@@H]2C[C@H]2c2ccccc2-c2c(F)cccc2F)C1. The molecule has 1 saturated carbocycles. The first-order chi connectivity index (χ1) is 14.2. The number of sulfonamides is 1. The highest BCUT2D eigenvalue weighted by Crippen LogP contribution is 2.51. The highest BCUT2D eigenvalue weighted by Gasteiger charge is 2.47. The van der Waals surface area contributed by atoms with Crippen LogP contribution in [0.5, 0.6) is 0 Å². The highest BCUT2D eigenvalue weighted by atomic mass is 32.2. The number of nitrogens with zero attached hydrogens (tertiary/aromatic N) is 1. The number of likely N-dealkylation sites (tertiary alicyclic amines) is 1. The number of hydrogen-bond acceptors (Lipinski definition) is 3. The van der Waals surface area contributed by atoms with Crippen molar-refractivity contribution in [1.29, 1.82) is 0 Å². The molecule has 30 heavy (non-hydrogen) atoms. The molecule has 1 aliphatic carbocycles. The lowest BCUT2D eigenvalue weighted by atomic mass is 9.95. The first-order valence-electron chi connectivity index (χ1n) is 10.0. The van der Waals surface area contributed by atoms with E-state index in [0.717, 1.165) is 18.2 Å². The summed E-state index contributed by atoms with van der Waals surface area (Å²) >= 11 is 0. The molecule has 1 N–H and O–H groups in total. The van der Waals surface area contributed by atoms with Gasteiger partial charge in [-0.25, -0.2) is 21.9 Å². The number of carbonyl (C=O) groups excluding carboxylic acids is 1. The lowest BCUT2D eigenvalue weighted by Crippen LogP contribution is -2.33. The van der Waals surface area contributed by atoms with Crippen molar-refractivity contribution in [3.63, 3.8) is 0 Å². The first-order valence-corrected chi connectivity index (χ1v) is 11.9. The maximum atomic E-state index is 14.3. The molecule has 5 nitrogen and oxygen atoms in total. The topological polar surface area (TPSA) is 66.5 Å². The van der Waals surface area contributed by atoms with Crippen LogP contribution in [0.3, 0.4) is 0 Å². The van der Waals surface area contributed by atoms with Crippen LogP contribution in [0.15, 0.2) is 42.5 Å². The van der Waals surface area contributed by atoms with E-state index in [-0.39, 0.29) is 29.2 Å². The Morgan fingerprint density at radius 2 is 1.83 bits per heavy atom. The van der Waals surface area contributed by atoms with Gasteiger partial charge >= 0.3 is 0 Å². The summed E-state index contributed by atoms with van der Waals surface area (Å²) in [4.78, 5) is 14.7. The predicted octanol–water partition coefficient (Wildman–Crippen LogP) is 3.13. The summed E-state index contributed by atoms with van der Waals surface area (Å²) in [7, 11) is -3.25. The zero-order chi connectivity index (χ0) is 21.5. The molecule has 1 saturated heterocycles. The van der Waals surface area contributed by atoms with Crippen molar-refractivity contribution < 1.29 is 22.0 Å². The van der Waals surface area contributed by atoms with Crippen molar-refractivity contribution in [3.05, 3.63) is 59.7 Å². The van der Waals surface area contributed by atoms with E-state index in [1.165, 1.54) is 18.2 Å². The fraction of sp³-hybridized carbons (Fsp3) is 0.409. The second kappa shape index (κ2) is 8.07. The van der Waals surface area contributed by atoms with Crippen LogP contribution in [0.2, 0.25) is 0 Å². The number of nitrogens with one attached hydrogen (secondary N) is 1. The molecular formula is C22H24F2N2O3S. The molecule has 1 heterocycles. The summed E-state index contributed by atoms with van der Waals surface area (Å²) in [6.07, 6.45) is 2.52. The van der Waals surface area contributed by atoms with Crippen LogP contribution in [0.1, 0.15) is 24.3 Å². The average molecular weight is 435 g/mol. The zero-order valence-corrected chi connectivity index (χ0v) is 17.5. The molecular weight excluding hydrogens is 410 g/mol. The van der Waals surface area contributed by atoms with Crippen molar-refractivity contribution in [1.82, 2.24) is 9.62 Å². The first kappa shape index (κ1) is 20.9. The molecule has 0 aromatic heterocycles. The maximum Gasteiger partial charge on any atom is 0.226 e. The maximum absolute atomic E-state index is 14.3. The zero-order valence-electron chi connectivity index (χ0n) is 16.6. The summed E-state index contributed by atoms with van der Waals surface area (Å²) in [5, 5.41) is 0. The van der Waals surface area contributed by atoms with Crippen molar-refractivity contribution in [2.45, 2.75) is 18.8 Å². The molecule has 1 amide bonds. The summed E-state index contributed by atoms with van der Waals surface area (Å²) in [6, 6.07) is 10.9. The second-order valence-corrected chi connectivity index (χ2v) is 10.0. The number of amides is 1. The van der Waals surface area contributed by atoms with Crippen LogP contribution >= 0.6 is 0 Å². The van der Waals surface area contributed by atoms with E-state index in [4.69, 9.17) is 0 Å². The van der Waals surface area contributed by atoms with Gasteiger partial charge < -0.3 is 4.90 Å². The van der Waals surface area contributed by atoms with Crippen molar-refractivity contribution in [2.24, 2.45) is 11.8 Å². The molecule has 0 unspecified atom stereocenters. The number of hydrogen-bond donors (Lipinski definition) is 1. The van der Waals surface area contributed by atoms with E-state index in [0.29, 0.717) is 31.6 Å². The molecule has 2 aromatic rings. The fourth-order valence-electron chi connectivity index (χ4n) is 4.32. The van der Waals surface area contributed by atoms with Crippen LogP contribution in [0, 0.1) is 23.5 Å². The van der Waals surface area contributed by atoms with Crippen LogP contribution in [-0.2, 0) is 14.8 Å². The average Bonchev–Trinajstić information content (AvgIpc) is 3.34. The summed E-state index contributed by atoms with van der Waals surface area (Å²) in [6.45, 7) is 1.45. The number of carbonyl (C=O) groups is 1. The Balaban J connectivity index is 1.46. The molecule has 160 valence electrons. The Labute approximate surface area is 175 Å². The van der Waals surface area contributed by atoms with Gasteiger partial charge in [-0.3, -0.25) is 4.79 Å². The van der Waals surface area contributed by atoms with Crippen molar-refractivity contribution >= 4 is 15.9 Å². The second-order valence-electron chi connectivity index (χ2n) is 8.19. The van der Waals surface area contributed by atoms with E-state index in [2.05, 4.69) is 4.72 Å². The Kier molecular flexibility index (Phi) is 5.63. The summed E-state index contributed by atoms with van der Waals surface area (Å²) < 4.78 is 53.7. The third-order valence-corrected chi connectivity index (χ3v) is 6.62. The van der Waals surface area contributed by atoms with Gasteiger partial charge in [0.1, 0.15) is 11.6 Å². The largest absolute Gasteiger partial charge is 0.342 e. The van der Waals surface area contributed by atoms with Gasteiger partial charge in [0, 0.05) is 25.6 Å². The predicted molar refractivity (Wildman–Crippen MR) is 110 cm³/mol. The number of halogens is 2. The lowest BCUT2D eigenvalue weighted by molar-refractivity contribution is -0.131. The van der Waals surface area contributed by atoms with E-state index in [1.54, 1.807) is 17.0 Å². The Bertz CT molecular complexity index is 1050. The van der Waals surface area contributed by atoms with Crippen LogP contribution in [-0.4, -0.2) is 45.1 Å². The molecule has 1 aliphatic heterocycles. The van der Waals surface area contributed by atoms with Crippen LogP contribution in [0.4, 0.5) is 8.78 Å². The molecule has 0 radical (unpaired) electrons. The Morgan fingerprint density at radius 1 is 1.13 bits per heavy atom. The van der Waals surface area contributed by atoms with E-state index < -0.39 is 21.7 Å². The fourth-order valence-corrected chi connectivity index (χ4v) is 4.86. The molecule has 8 heteroatoms. The molecule has 0 bridgehead atoms. The van der Waals surface area contributed by atoms with Crippen LogP contribution < -0.4 is 4.72 Å². The minimum absolute atomic E-state index is 0.0330. The van der Waals surface area contributed by atoms with Gasteiger partial charge in [-0.2, -0.15) is 0 Å². The Morgan fingerprint density at radius 3 is 2.53 bits per heavy atom. The van der Waals surface area contributed by atoms with Gasteiger partial charge in [-0.15, -0.1) is 0 Å². The molecule has 2 fully saturated rings. The normalized spacial score (nSPS) is 23.6.